The first-order valence-electron chi connectivity index (χ1n) is 35.6. The Kier molecular flexibility index (Phi) is 23.7. The molecule has 0 spiro atoms. The van der Waals surface area contributed by atoms with Crippen LogP contribution in [0.2, 0.25) is 0 Å². The Morgan fingerprint density at radius 1 is 0.120 bits per heavy atom. The third-order valence-electron chi connectivity index (χ3n) is 18.1. The smallest absolute Gasteiger partial charge is 0.0212 e. The van der Waals surface area contributed by atoms with Crippen LogP contribution in [0.4, 0.5) is 0 Å². The van der Waals surface area contributed by atoms with E-state index in [4.69, 9.17) is 0 Å². The van der Waals surface area contributed by atoms with Gasteiger partial charge in [0.1, 0.15) is 0 Å². The van der Waals surface area contributed by atoms with E-state index in [-0.39, 0.29) is 0 Å². The Morgan fingerprint density at radius 3 is 0.370 bits per heavy atom. The Labute approximate surface area is 687 Å². The molecule has 0 fully saturated rings. The molecule has 0 saturated heterocycles. The molecule has 0 aliphatic heterocycles. The summed E-state index contributed by atoms with van der Waals surface area (Å²) >= 11 is 22.2. The second-order valence-corrected chi connectivity index (χ2v) is 40.7. The maximum Gasteiger partial charge on any atom is 0.0212 e. The Hall–Kier alpha value is -7.24. The van der Waals surface area contributed by atoms with Gasteiger partial charge in [-0.1, -0.05) is 307 Å². The highest BCUT2D eigenvalue weighted by molar-refractivity contribution is 8.03. The third-order valence-corrected chi connectivity index (χ3v) is 30.1. The van der Waals surface area contributed by atoms with Gasteiger partial charge in [-0.15, -0.1) is 0 Å². The van der Waals surface area contributed by atoms with Gasteiger partial charge in [-0.25, -0.2) is 0 Å². The molecule has 530 valence electrons. The lowest BCUT2D eigenvalue weighted by Crippen LogP contribution is -1.93. The van der Waals surface area contributed by atoms with Gasteiger partial charge in [0.15, 0.2) is 0 Å². The molecule has 16 rings (SSSR count). The van der Waals surface area contributed by atoms with Crippen LogP contribution in [-0.4, -0.2) is 0 Å². The molecular weight excluding hydrogens is 1540 g/mol. The zero-order valence-electron chi connectivity index (χ0n) is 60.8. The number of aryl methyl sites for hydroxylation is 8. The highest BCUT2D eigenvalue weighted by Crippen LogP contribution is 2.54. The number of hydrogen-bond acceptors (Lipinski definition) is 12. The molecule has 0 aliphatic rings. The summed E-state index contributed by atoms with van der Waals surface area (Å²) in [5.41, 5.74) is 10.0. The molecule has 0 unspecified atom stereocenters. The van der Waals surface area contributed by atoms with E-state index in [0.29, 0.717) is 0 Å². The molecule has 0 atom stereocenters. The summed E-state index contributed by atoms with van der Waals surface area (Å²) in [5, 5.41) is 7.50. The van der Waals surface area contributed by atoms with Crippen LogP contribution in [0.25, 0.3) is 32.3 Å². The largest absolute Gasteiger partial charge is 0.0900 e. The summed E-state index contributed by atoms with van der Waals surface area (Å²) in [6, 6.07) is 115. The molecule has 0 nitrogen and oxygen atoms in total. The molecule has 0 N–H and O–H groups in total. The van der Waals surface area contributed by atoms with Crippen LogP contribution in [0.5, 0.6) is 0 Å². The highest BCUT2D eigenvalue weighted by atomic mass is 32.2. The van der Waals surface area contributed by atoms with E-state index in [0.717, 1.165) is 0 Å². The summed E-state index contributed by atoms with van der Waals surface area (Å²) in [6.07, 6.45) is 0. The Balaban J connectivity index is 0.908. The predicted octanol–water partition coefficient (Wildman–Crippen LogP) is 32.9. The normalized spacial score (nSPS) is 11.6. The van der Waals surface area contributed by atoms with Crippen molar-refractivity contribution in [2.75, 3.05) is 0 Å². The number of benzene rings is 16. The molecule has 16 aromatic carbocycles. The van der Waals surface area contributed by atoms with Crippen LogP contribution in [0, 0.1) is 55.4 Å². The topological polar surface area (TPSA) is 0 Å². The van der Waals surface area contributed by atoms with E-state index >= 15 is 0 Å². The van der Waals surface area contributed by atoms with Gasteiger partial charge in [0.25, 0.3) is 0 Å². The molecule has 0 saturated carbocycles. The maximum absolute atomic E-state index is 2.51. The van der Waals surface area contributed by atoms with Gasteiger partial charge >= 0.3 is 0 Å². The van der Waals surface area contributed by atoms with E-state index in [1.807, 2.05) is 141 Å². The van der Waals surface area contributed by atoms with Crippen molar-refractivity contribution in [1.82, 2.24) is 0 Å². The van der Waals surface area contributed by atoms with Crippen LogP contribution in [0.3, 0.4) is 0 Å². The highest BCUT2D eigenvalue weighted by Gasteiger charge is 2.24. The maximum atomic E-state index is 2.51. The van der Waals surface area contributed by atoms with E-state index in [1.165, 1.54) is 194 Å². The minimum atomic E-state index is 1.19. The lowest BCUT2D eigenvalue weighted by molar-refractivity contribution is 1.21. The lowest BCUT2D eigenvalue weighted by atomic mass is 9.94. The molecule has 0 aromatic heterocycles. The number of rotatable bonds is 24. The second kappa shape index (κ2) is 34.2. The van der Waals surface area contributed by atoms with Gasteiger partial charge in [-0.3, -0.25) is 0 Å². The molecule has 16 aromatic rings. The van der Waals surface area contributed by atoms with Crippen LogP contribution >= 0.6 is 141 Å². The van der Waals surface area contributed by atoms with E-state index in [1.54, 1.807) is 0 Å². The minimum absolute atomic E-state index is 1.19. The average molecular weight is 1610 g/mol. The first-order valence-corrected chi connectivity index (χ1v) is 45.4. The van der Waals surface area contributed by atoms with Crippen molar-refractivity contribution in [2.24, 2.45) is 0 Å². The van der Waals surface area contributed by atoms with Crippen molar-refractivity contribution < 1.29 is 0 Å². The Bertz CT molecular complexity index is 4910. The molecule has 108 heavy (non-hydrogen) atoms. The van der Waals surface area contributed by atoms with Crippen molar-refractivity contribution in [2.45, 2.75) is 173 Å². The quantitative estimate of drug-likeness (QED) is 0.0529. The predicted molar refractivity (Wildman–Crippen MR) is 475 cm³/mol. The fraction of sp³-hybridized carbons (Fsp3) is 0.0833. The molecule has 12 heteroatoms. The summed E-state index contributed by atoms with van der Waals surface area (Å²) in [7, 11) is 0. The summed E-state index contributed by atoms with van der Waals surface area (Å²) in [5.74, 6) is 0. The first-order chi connectivity index (χ1) is 52.5. The SMILES string of the molecule is Cc1ccc(Sc2cc(Sc3ccc(C)cc3)cc(Sc3cc(Sc4cc(Sc5ccc(C)cc5)cc(Sc5ccc(C)cc5)c4)c4ccc5c(Sc6cc(Sc7ccc(C)cc7)cc(Sc7ccc(C)cc7)c6)cc(Sc6cc(Sc7ccc(C)cc7)cc(Sc7ccc(C)cc7)c6)c6ccc3c4c65)c2)cc1. The summed E-state index contributed by atoms with van der Waals surface area (Å²) < 4.78 is 0. The minimum Gasteiger partial charge on any atom is -0.0900 e. The van der Waals surface area contributed by atoms with Crippen LogP contribution in [0.1, 0.15) is 44.5 Å². The van der Waals surface area contributed by atoms with Crippen molar-refractivity contribution in [1.29, 1.82) is 0 Å². The summed E-state index contributed by atoms with van der Waals surface area (Å²) in [4.78, 5) is 29.0. The molecule has 0 amide bonds. The van der Waals surface area contributed by atoms with Gasteiger partial charge in [-0.2, -0.15) is 0 Å². The number of hydrogen-bond donors (Lipinski definition) is 0. The summed E-state index contributed by atoms with van der Waals surface area (Å²) in [6.45, 7) is 17.3. The van der Waals surface area contributed by atoms with Crippen LogP contribution in [-0.2, 0) is 0 Å². The standard InChI is InChI=1S/C96H74S12/c1-59-9-25-67(26-10-59)97-75-45-76(98-68-27-11-60(2)12-28-68)50-83(49-75)105-91-57-92(106-84-51-77(99-69-29-13-61(3)14-30-69)46-78(52-84)100-70-31-15-62(4)16-32-70)88-43-44-90-94(108-86-55-81(103-73-37-21-65(7)22-38-73)48-82(56-86)104-74-39-23-66(8)24-40-74)58-93(89-42-41-87(91)95(88)96(89)90)107-85-53-79(101-71-33-17-63(5)18-34-71)47-80(54-85)102-72-35-19-64(6)20-36-72/h9-58H,1-8H3. The third kappa shape index (κ3) is 19.0. The van der Waals surface area contributed by atoms with Gasteiger partial charge in [-0.05, 0) is 270 Å². The van der Waals surface area contributed by atoms with Gasteiger partial charge in [0, 0.05) is 117 Å². The molecule has 0 bridgehead atoms. The van der Waals surface area contributed by atoms with E-state index in [2.05, 4.69) is 359 Å². The van der Waals surface area contributed by atoms with Crippen LogP contribution in [0.15, 0.2) is 421 Å². The van der Waals surface area contributed by atoms with Crippen LogP contribution < -0.4 is 0 Å². The monoisotopic (exact) mass is 1610 g/mol. The average Bonchev–Trinajstić information content (AvgIpc) is 0.715. The van der Waals surface area contributed by atoms with E-state index < -0.39 is 0 Å². The van der Waals surface area contributed by atoms with Crippen molar-refractivity contribution in [3.8, 4) is 0 Å². The molecule has 0 heterocycles. The van der Waals surface area contributed by atoms with Crippen molar-refractivity contribution >= 4 is 173 Å². The lowest BCUT2D eigenvalue weighted by Gasteiger charge is -2.21. The van der Waals surface area contributed by atoms with Gasteiger partial charge < -0.3 is 0 Å². The zero-order valence-corrected chi connectivity index (χ0v) is 70.6. The molecule has 0 radical (unpaired) electrons. The van der Waals surface area contributed by atoms with Crippen molar-refractivity contribution in [3.05, 3.63) is 348 Å². The Morgan fingerprint density at radius 2 is 0.241 bits per heavy atom. The van der Waals surface area contributed by atoms with Gasteiger partial charge in [0.2, 0.25) is 0 Å². The zero-order chi connectivity index (χ0) is 73.8. The first kappa shape index (κ1) is 74.8. The second-order valence-electron chi connectivity index (χ2n) is 27.1. The fourth-order valence-corrected chi connectivity index (χ4v) is 25.2. The van der Waals surface area contributed by atoms with Gasteiger partial charge in [0.05, 0.1) is 0 Å². The van der Waals surface area contributed by atoms with E-state index in [9.17, 15) is 0 Å². The molecule has 0 aliphatic carbocycles. The van der Waals surface area contributed by atoms with Crippen molar-refractivity contribution in [3.63, 3.8) is 0 Å². The molecular formula is C96H74S12. The fourth-order valence-electron chi connectivity index (χ4n) is 12.5.